The van der Waals surface area contributed by atoms with E-state index in [4.69, 9.17) is 0 Å². The van der Waals surface area contributed by atoms with Crippen molar-refractivity contribution in [3.63, 3.8) is 0 Å². The van der Waals surface area contributed by atoms with Gasteiger partial charge in [0.1, 0.15) is 0 Å². The first-order valence-corrected chi connectivity index (χ1v) is 18.3. The quantitative estimate of drug-likeness (QED) is 0.177. The van der Waals surface area contributed by atoms with E-state index in [1.54, 1.807) is 0 Å². The summed E-state index contributed by atoms with van der Waals surface area (Å²) >= 11 is 1.87. The second kappa shape index (κ2) is 11.0. The largest absolute Gasteiger partial charge is 0.309 e. The van der Waals surface area contributed by atoms with Gasteiger partial charge in [0.15, 0.2) is 0 Å². The van der Waals surface area contributed by atoms with Crippen LogP contribution < -0.4 is 0 Å². The lowest BCUT2D eigenvalue weighted by molar-refractivity contribution is 1.18. The first-order chi connectivity index (χ1) is 25.3. The summed E-state index contributed by atoms with van der Waals surface area (Å²) in [7, 11) is 0. The van der Waals surface area contributed by atoms with Crippen LogP contribution in [-0.2, 0) is 0 Å². The zero-order chi connectivity index (χ0) is 33.5. The molecule has 3 heterocycles. The van der Waals surface area contributed by atoms with Crippen molar-refractivity contribution in [1.29, 1.82) is 0 Å². The van der Waals surface area contributed by atoms with Gasteiger partial charge >= 0.3 is 0 Å². The lowest BCUT2D eigenvalue weighted by atomic mass is 9.95. The van der Waals surface area contributed by atoms with E-state index in [0.717, 1.165) is 5.69 Å². The van der Waals surface area contributed by atoms with E-state index in [0.29, 0.717) is 0 Å². The molecule has 0 fully saturated rings. The molecule has 0 radical (unpaired) electrons. The Bertz CT molecular complexity index is 3140. The minimum absolute atomic E-state index is 1.16. The van der Waals surface area contributed by atoms with Gasteiger partial charge in [-0.25, -0.2) is 0 Å². The van der Waals surface area contributed by atoms with Crippen LogP contribution in [0, 0.1) is 0 Å². The van der Waals surface area contributed by atoms with Crippen molar-refractivity contribution >= 4 is 75.1 Å². The molecule has 0 atom stereocenters. The molecule has 0 saturated heterocycles. The molecule has 2 nitrogen and oxygen atoms in total. The lowest BCUT2D eigenvalue weighted by Crippen LogP contribution is -1.94. The van der Waals surface area contributed by atoms with Gasteiger partial charge in [0, 0.05) is 53.1 Å². The molecule has 11 rings (SSSR count). The molecule has 0 N–H and O–H groups in total. The summed E-state index contributed by atoms with van der Waals surface area (Å²) in [4.78, 5) is 0. The first kappa shape index (κ1) is 28.4. The molecular formula is C48H30N2S. The summed E-state index contributed by atoms with van der Waals surface area (Å²) in [6.45, 7) is 0. The van der Waals surface area contributed by atoms with E-state index < -0.39 is 0 Å². The highest BCUT2D eigenvalue weighted by molar-refractivity contribution is 7.25. The van der Waals surface area contributed by atoms with Gasteiger partial charge in [-0.2, -0.15) is 0 Å². The second-order valence-corrected chi connectivity index (χ2v) is 14.4. The van der Waals surface area contributed by atoms with Gasteiger partial charge in [0.2, 0.25) is 0 Å². The molecule has 0 amide bonds. The highest BCUT2D eigenvalue weighted by Crippen LogP contribution is 2.44. The molecule has 8 aromatic carbocycles. The van der Waals surface area contributed by atoms with Gasteiger partial charge in [0.25, 0.3) is 0 Å². The summed E-state index contributed by atoms with van der Waals surface area (Å²) in [6.07, 6.45) is 0. The third kappa shape index (κ3) is 4.22. The Morgan fingerprint density at radius 1 is 0.314 bits per heavy atom. The lowest BCUT2D eigenvalue weighted by Gasteiger charge is -2.12. The van der Waals surface area contributed by atoms with E-state index in [2.05, 4.69) is 191 Å². The Hall–Kier alpha value is -6.42. The summed E-state index contributed by atoms with van der Waals surface area (Å²) in [6, 6.07) is 66.6. The number of rotatable bonds is 4. The van der Waals surface area contributed by atoms with Crippen LogP contribution >= 0.6 is 11.3 Å². The van der Waals surface area contributed by atoms with E-state index in [1.807, 2.05) is 11.3 Å². The van der Waals surface area contributed by atoms with Crippen LogP contribution in [0.5, 0.6) is 0 Å². The van der Waals surface area contributed by atoms with Crippen molar-refractivity contribution < 1.29 is 0 Å². The fourth-order valence-corrected chi connectivity index (χ4v) is 9.44. The fourth-order valence-electron chi connectivity index (χ4n) is 8.35. The number of thiophene rings is 1. The van der Waals surface area contributed by atoms with E-state index in [-0.39, 0.29) is 0 Å². The molecule has 0 bridgehead atoms. The zero-order valence-corrected chi connectivity index (χ0v) is 28.4. The number of hydrogen-bond acceptors (Lipinski definition) is 1. The zero-order valence-electron chi connectivity index (χ0n) is 27.6. The summed E-state index contributed by atoms with van der Waals surface area (Å²) < 4.78 is 7.54. The normalized spacial score (nSPS) is 11.9. The number of hydrogen-bond donors (Lipinski definition) is 0. The molecule has 238 valence electrons. The highest BCUT2D eigenvalue weighted by atomic mass is 32.1. The number of aromatic nitrogens is 2. The Kier molecular flexibility index (Phi) is 6.16. The molecule has 11 aromatic rings. The van der Waals surface area contributed by atoms with Crippen molar-refractivity contribution in [2.45, 2.75) is 0 Å². The SMILES string of the molecule is c1ccc(-c2cccc(-n3c4ccccc4c4c(-c5cccc6c5c5ccccc5n6-c5ccc6sc7ccccc7c6c5)cccc43)c2)cc1. The number of benzene rings is 8. The fraction of sp³-hybridized carbons (Fsp3) is 0. The van der Waals surface area contributed by atoms with Gasteiger partial charge < -0.3 is 9.13 Å². The summed E-state index contributed by atoms with van der Waals surface area (Å²) in [5.41, 5.74) is 12.1. The van der Waals surface area contributed by atoms with Crippen molar-refractivity contribution in [2.75, 3.05) is 0 Å². The highest BCUT2D eigenvalue weighted by Gasteiger charge is 2.21. The molecule has 0 aliphatic heterocycles. The van der Waals surface area contributed by atoms with Crippen LogP contribution in [0.15, 0.2) is 182 Å². The maximum absolute atomic E-state index is 2.46. The third-order valence-corrected chi connectivity index (χ3v) is 11.7. The topological polar surface area (TPSA) is 9.86 Å². The van der Waals surface area contributed by atoms with E-state index in [1.165, 1.54) is 91.7 Å². The van der Waals surface area contributed by atoms with Crippen molar-refractivity contribution in [1.82, 2.24) is 9.13 Å². The Labute approximate surface area is 298 Å². The van der Waals surface area contributed by atoms with Crippen LogP contribution in [0.2, 0.25) is 0 Å². The number of nitrogens with zero attached hydrogens (tertiary/aromatic N) is 2. The maximum atomic E-state index is 2.46. The van der Waals surface area contributed by atoms with E-state index >= 15 is 0 Å². The molecule has 3 heteroatoms. The molecule has 0 spiro atoms. The smallest absolute Gasteiger partial charge is 0.0547 e. The molecule has 0 aliphatic carbocycles. The van der Waals surface area contributed by atoms with Crippen molar-refractivity contribution in [3.05, 3.63) is 182 Å². The monoisotopic (exact) mass is 666 g/mol. The Morgan fingerprint density at radius 3 is 1.51 bits per heavy atom. The predicted octanol–water partition coefficient (Wildman–Crippen LogP) is 13.6. The van der Waals surface area contributed by atoms with E-state index in [9.17, 15) is 0 Å². The molecule has 3 aromatic heterocycles. The average molecular weight is 667 g/mol. The first-order valence-electron chi connectivity index (χ1n) is 17.4. The maximum Gasteiger partial charge on any atom is 0.0547 e. The summed E-state index contributed by atoms with van der Waals surface area (Å²) in [5, 5.41) is 7.69. The Balaban J connectivity index is 1.18. The van der Waals surface area contributed by atoms with Gasteiger partial charge in [-0.15, -0.1) is 11.3 Å². The molecule has 0 saturated carbocycles. The van der Waals surface area contributed by atoms with Crippen LogP contribution in [0.25, 0.3) is 97.4 Å². The summed E-state index contributed by atoms with van der Waals surface area (Å²) in [5.74, 6) is 0. The van der Waals surface area contributed by atoms with Gasteiger partial charge in [-0.05, 0) is 82.9 Å². The van der Waals surface area contributed by atoms with Gasteiger partial charge in [-0.3, -0.25) is 0 Å². The molecule has 0 aliphatic rings. The van der Waals surface area contributed by atoms with Gasteiger partial charge in [-0.1, -0.05) is 121 Å². The molecule has 51 heavy (non-hydrogen) atoms. The van der Waals surface area contributed by atoms with Crippen LogP contribution in [0.1, 0.15) is 0 Å². The standard InChI is InChI=1S/C48H30N2S/c1-2-13-31(14-3-1)32-15-10-16-33(29-32)49-41-22-7-4-18-38(41)47-36(20-11-24-43(47)49)37-21-12-25-44-48(37)39-19-5-8-23-42(39)50(44)34-27-28-46-40(30-34)35-17-6-9-26-45(35)51-46/h1-30H. The van der Waals surface area contributed by atoms with Crippen LogP contribution in [-0.4, -0.2) is 9.13 Å². The second-order valence-electron chi connectivity index (χ2n) is 13.3. The minimum Gasteiger partial charge on any atom is -0.309 e. The number of fused-ring (bicyclic) bond motifs is 9. The van der Waals surface area contributed by atoms with Crippen molar-refractivity contribution in [2.24, 2.45) is 0 Å². The van der Waals surface area contributed by atoms with Crippen molar-refractivity contribution in [3.8, 4) is 33.6 Å². The predicted molar refractivity (Wildman–Crippen MR) is 219 cm³/mol. The average Bonchev–Trinajstić information content (AvgIpc) is 3.86. The van der Waals surface area contributed by atoms with Gasteiger partial charge in [0.05, 0.1) is 22.1 Å². The molecular weight excluding hydrogens is 637 g/mol. The Morgan fingerprint density at radius 2 is 0.824 bits per heavy atom. The van der Waals surface area contributed by atoms with Crippen LogP contribution in [0.4, 0.5) is 0 Å². The number of para-hydroxylation sites is 2. The molecule has 0 unspecified atom stereocenters. The third-order valence-electron chi connectivity index (χ3n) is 10.5. The minimum atomic E-state index is 1.16. The van der Waals surface area contributed by atoms with Crippen LogP contribution in [0.3, 0.4) is 0 Å².